The molecule has 9 nitrogen and oxygen atoms in total. The summed E-state index contributed by atoms with van der Waals surface area (Å²) in [4.78, 5) is 16.1. The Morgan fingerprint density at radius 2 is 1.91 bits per heavy atom. The zero-order chi connectivity index (χ0) is 24.7. The number of nitriles is 1. The van der Waals surface area contributed by atoms with Gasteiger partial charge in [-0.1, -0.05) is 0 Å². The maximum absolute atomic E-state index is 13.3. The maximum Gasteiger partial charge on any atom is 0.297 e. The highest BCUT2D eigenvalue weighted by Crippen LogP contribution is 2.46. The average molecular weight is 499 g/mol. The standard InChI is InChI=1S/C23H20F2N6O3S/c1-12-20(19(14-2-3-14)30-22(28-12)21(24)25)34-23-18(35(32,33)31-16-4-5-16)7-6-17(29-23)15-8-13(9-26)10-27-11-15/h6-8,10-11,14,16,21,31H,2-5H2,1H3. The van der Waals surface area contributed by atoms with E-state index in [1.54, 1.807) is 6.07 Å². The molecule has 0 saturated heterocycles. The van der Waals surface area contributed by atoms with Crippen molar-refractivity contribution in [1.82, 2.24) is 24.7 Å². The second-order valence-corrected chi connectivity index (χ2v) is 10.2. The molecule has 2 aliphatic rings. The third-order valence-corrected chi connectivity index (χ3v) is 7.15. The van der Waals surface area contributed by atoms with Crippen LogP contribution in [0.4, 0.5) is 8.78 Å². The van der Waals surface area contributed by atoms with Gasteiger partial charge in [-0.05, 0) is 50.8 Å². The van der Waals surface area contributed by atoms with Gasteiger partial charge in [0.25, 0.3) is 6.43 Å². The van der Waals surface area contributed by atoms with Gasteiger partial charge in [0, 0.05) is 29.9 Å². The van der Waals surface area contributed by atoms with Crippen molar-refractivity contribution in [1.29, 1.82) is 5.26 Å². The number of ether oxygens (including phenoxy) is 1. The highest BCUT2D eigenvalue weighted by Gasteiger charge is 2.34. The first-order chi connectivity index (χ1) is 16.7. The highest BCUT2D eigenvalue weighted by molar-refractivity contribution is 7.89. The van der Waals surface area contributed by atoms with E-state index < -0.39 is 22.3 Å². The van der Waals surface area contributed by atoms with Crippen LogP contribution >= 0.6 is 0 Å². The van der Waals surface area contributed by atoms with Gasteiger partial charge in [-0.15, -0.1) is 0 Å². The third-order valence-electron chi connectivity index (χ3n) is 5.61. The minimum Gasteiger partial charge on any atom is -0.434 e. The molecule has 35 heavy (non-hydrogen) atoms. The van der Waals surface area contributed by atoms with Gasteiger partial charge in [0.2, 0.25) is 15.9 Å². The van der Waals surface area contributed by atoms with Gasteiger partial charge in [0.05, 0.1) is 22.6 Å². The molecule has 0 amide bonds. The summed E-state index contributed by atoms with van der Waals surface area (Å²) in [5.74, 6) is -0.792. The molecule has 0 atom stereocenters. The summed E-state index contributed by atoms with van der Waals surface area (Å²) in [7, 11) is -3.98. The van der Waals surface area contributed by atoms with Gasteiger partial charge in [0.1, 0.15) is 11.0 Å². The van der Waals surface area contributed by atoms with Gasteiger partial charge in [-0.2, -0.15) is 5.26 Å². The predicted molar refractivity (Wildman–Crippen MR) is 119 cm³/mol. The molecule has 2 fully saturated rings. The summed E-state index contributed by atoms with van der Waals surface area (Å²) >= 11 is 0. The molecular weight excluding hydrogens is 478 g/mol. The van der Waals surface area contributed by atoms with Crippen LogP contribution in [0.2, 0.25) is 0 Å². The summed E-state index contributed by atoms with van der Waals surface area (Å²) in [6, 6.07) is 6.28. The average Bonchev–Trinajstić information content (AvgIpc) is 3.75. The van der Waals surface area contributed by atoms with Crippen molar-refractivity contribution in [2.75, 3.05) is 0 Å². The number of alkyl halides is 2. The smallest absolute Gasteiger partial charge is 0.297 e. The molecular formula is C23H20F2N6O3S. The molecule has 1 N–H and O–H groups in total. The quantitative estimate of drug-likeness (QED) is 0.490. The molecule has 0 aliphatic heterocycles. The number of hydrogen-bond donors (Lipinski definition) is 1. The first kappa shape index (κ1) is 23.2. The van der Waals surface area contributed by atoms with Crippen LogP contribution in [0, 0.1) is 18.3 Å². The van der Waals surface area contributed by atoms with E-state index in [4.69, 9.17) is 4.74 Å². The minimum atomic E-state index is -3.98. The zero-order valence-corrected chi connectivity index (χ0v) is 19.4. The lowest BCUT2D eigenvalue weighted by molar-refractivity contribution is 0.139. The second kappa shape index (κ2) is 8.90. The Labute approximate surface area is 200 Å². The van der Waals surface area contributed by atoms with Crippen LogP contribution < -0.4 is 9.46 Å². The SMILES string of the molecule is Cc1nc(C(F)F)nc(C2CC2)c1Oc1nc(-c2cncc(C#N)c2)ccc1S(=O)(=O)NC1CC1. The molecule has 3 aromatic heterocycles. The monoisotopic (exact) mass is 498 g/mol. The zero-order valence-electron chi connectivity index (χ0n) is 18.6. The Morgan fingerprint density at radius 3 is 2.57 bits per heavy atom. The lowest BCUT2D eigenvalue weighted by Crippen LogP contribution is -2.26. The number of aryl methyl sites for hydroxylation is 1. The lowest BCUT2D eigenvalue weighted by Gasteiger charge is -2.16. The number of pyridine rings is 2. The largest absolute Gasteiger partial charge is 0.434 e. The third kappa shape index (κ3) is 4.96. The minimum absolute atomic E-state index is 0.0754. The number of aromatic nitrogens is 4. The van der Waals surface area contributed by atoms with Crippen molar-refractivity contribution >= 4 is 10.0 Å². The Kier molecular flexibility index (Phi) is 5.90. The summed E-state index contributed by atoms with van der Waals surface area (Å²) < 4.78 is 61.5. The lowest BCUT2D eigenvalue weighted by atomic mass is 10.1. The van der Waals surface area contributed by atoms with Crippen molar-refractivity contribution in [3.05, 3.63) is 53.4 Å². The summed E-state index contributed by atoms with van der Waals surface area (Å²) in [6.07, 6.45) is 3.02. The fraction of sp³-hybridized carbons (Fsp3) is 0.348. The van der Waals surface area contributed by atoms with Crippen LogP contribution in [0.3, 0.4) is 0 Å². The normalized spacial score (nSPS) is 15.7. The molecule has 12 heteroatoms. The molecule has 0 unspecified atom stereocenters. The van der Waals surface area contributed by atoms with Crippen LogP contribution in [0.1, 0.15) is 60.8 Å². The number of halogens is 2. The van der Waals surface area contributed by atoms with E-state index in [1.807, 2.05) is 6.07 Å². The van der Waals surface area contributed by atoms with Crippen molar-refractivity contribution in [3.63, 3.8) is 0 Å². The van der Waals surface area contributed by atoms with E-state index in [0.29, 0.717) is 22.5 Å². The summed E-state index contributed by atoms with van der Waals surface area (Å²) in [6.45, 7) is 1.51. The molecule has 0 radical (unpaired) electrons. The van der Waals surface area contributed by atoms with E-state index in [1.165, 1.54) is 31.5 Å². The first-order valence-corrected chi connectivity index (χ1v) is 12.5. The molecule has 0 aromatic carbocycles. The van der Waals surface area contributed by atoms with Gasteiger partial charge < -0.3 is 4.74 Å². The van der Waals surface area contributed by atoms with E-state index in [-0.39, 0.29) is 34.2 Å². The van der Waals surface area contributed by atoms with E-state index in [0.717, 1.165) is 25.7 Å². The maximum atomic E-state index is 13.3. The van der Waals surface area contributed by atoms with Crippen LogP contribution in [0.25, 0.3) is 11.3 Å². The van der Waals surface area contributed by atoms with Gasteiger partial charge in [0.15, 0.2) is 11.6 Å². The molecule has 3 heterocycles. The van der Waals surface area contributed by atoms with Gasteiger partial charge >= 0.3 is 0 Å². The fourth-order valence-corrected chi connectivity index (χ4v) is 4.92. The second-order valence-electron chi connectivity index (χ2n) is 8.53. The molecule has 5 rings (SSSR count). The Bertz CT molecular complexity index is 1450. The van der Waals surface area contributed by atoms with Crippen molar-refractivity contribution < 1.29 is 21.9 Å². The van der Waals surface area contributed by atoms with Crippen LogP contribution in [-0.4, -0.2) is 34.4 Å². The first-order valence-electron chi connectivity index (χ1n) is 11.0. The van der Waals surface area contributed by atoms with Crippen molar-refractivity contribution in [3.8, 4) is 29.0 Å². The van der Waals surface area contributed by atoms with E-state index >= 15 is 0 Å². The molecule has 0 spiro atoms. The molecule has 2 aliphatic carbocycles. The van der Waals surface area contributed by atoms with E-state index in [2.05, 4.69) is 24.7 Å². The highest BCUT2D eigenvalue weighted by atomic mass is 32.2. The van der Waals surface area contributed by atoms with Crippen molar-refractivity contribution in [2.24, 2.45) is 0 Å². The number of hydrogen-bond acceptors (Lipinski definition) is 8. The Balaban J connectivity index is 1.63. The molecule has 2 saturated carbocycles. The number of nitrogens with one attached hydrogen (secondary N) is 1. The van der Waals surface area contributed by atoms with Crippen LogP contribution in [0.5, 0.6) is 11.6 Å². The van der Waals surface area contributed by atoms with E-state index in [9.17, 15) is 22.5 Å². The van der Waals surface area contributed by atoms with Gasteiger partial charge in [-0.3, -0.25) is 4.98 Å². The molecule has 3 aromatic rings. The molecule has 180 valence electrons. The predicted octanol–water partition coefficient (Wildman–Crippen LogP) is 4.16. The number of sulfonamides is 1. The fourth-order valence-electron chi connectivity index (χ4n) is 3.55. The summed E-state index contributed by atoms with van der Waals surface area (Å²) in [5.41, 5.74) is 1.59. The van der Waals surface area contributed by atoms with Gasteiger partial charge in [-0.25, -0.2) is 36.9 Å². The molecule has 0 bridgehead atoms. The Morgan fingerprint density at radius 1 is 1.14 bits per heavy atom. The van der Waals surface area contributed by atoms with Crippen LogP contribution in [-0.2, 0) is 10.0 Å². The number of rotatable bonds is 8. The van der Waals surface area contributed by atoms with Crippen molar-refractivity contribution in [2.45, 2.75) is 55.9 Å². The summed E-state index contributed by atoms with van der Waals surface area (Å²) in [5, 5.41) is 9.19. The van der Waals surface area contributed by atoms with Crippen LogP contribution in [0.15, 0.2) is 35.5 Å². The topological polar surface area (TPSA) is 131 Å². The Hall–Kier alpha value is -3.56. The number of nitrogens with zero attached hydrogens (tertiary/aromatic N) is 5.